The molecule has 0 atom stereocenters. The molecule has 3 aromatic carbocycles. The molecular weight excluding hydrogens is 499 g/mol. The first-order valence-corrected chi connectivity index (χ1v) is 12.2. The lowest BCUT2D eigenvalue weighted by molar-refractivity contribution is -0.127. The predicted octanol–water partition coefficient (Wildman–Crippen LogP) is 4.85. The molecule has 0 saturated carbocycles. The van der Waals surface area contributed by atoms with Crippen molar-refractivity contribution in [2.24, 2.45) is 0 Å². The van der Waals surface area contributed by atoms with Crippen molar-refractivity contribution in [1.82, 2.24) is 4.90 Å². The zero-order chi connectivity index (χ0) is 25.8. The van der Waals surface area contributed by atoms with Crippen LogP contribution in [-0.4, -0.2) is 41.7 Å². The van der Waals surface area contributed by atoms with E-state index in [2.05, 4.69) is 5.32 Å². The number of carbonyl (C=O) groups excluding carboxylic acids is 3. The fourth-order valence-corrected chi connectivity index (χ4v) is 4.57. The highest BCUT2D eigenvalue weighted by molar-refractivity contribution is 8.18. The van der Waals surface area contributed by atoms with Crippen LogP contribution < -0.4 is 19.5 Å². The monoisotopic (exact) mass is 520 g/mol. The van der Waals surface area contributed by atoms with Gasteiger partial charge in [0.1, 0.15) is 37.9 Å². The third kappa shape index (κ3) is 5.59. The van der Waals surface area contributed by atoms with Crippen LogP contribution in [-0.2, 0) is 16.2 Å². The number of nitrogens with zero attached hydrogens (tertiary/aromatic N) is 1. The number of carbonyl (C=O) groups is 3. The van der Waals surface area contributed by atoms with Crippen molar-refractivity contribution in [2.75, 3.05) is 25.1 Å². The molecule has 3 amide bonds. The molecule has 0 aliphatic carbocycles. The Hall–Kier alpha value is -4.31. The number of halogens is 1. The summed E-state index contributed by atoms with van der Waals surface area (Å²) in [5.74, 6) is 0.0159. The minimum Gasteiger partial charge on any atom is -0.488 e. The van der Waals surface area contributed by atoms with Crippen molar-refractivity contribution >= 4 is 40.6 Å². The number of hydrogen-bond acceptors (Lipinski definition) is 7. The Balaban J connectivity index is 1.25. The van der Waals surface area contributed by atoms with Gasteiger partial charge in [-0.05, 0) is 42.1 Å². The number of imide groups is 1. The van der Waals surface area contributed by atoms with E-state index in [-0.39, 0.29) is 17.3 Å². The number of nitrogens with one attached hydrogen (secondary N) is 1. The number of anilines is 1. The number of ether oxygens (including phenoxy) is 3. The number of para-hydroxylation sites is 1. The third-order valence-electron chi connectivity index (χ3n) is 5.55. The number of fused-ring (bicyclic) bond motifs is 1. The number of rotatable bonds is 7. The molecule has 1 fully saturated rings. The Morgan fingerprint density at radius 2 is 1.78 bits per heavy atom. The van der Waals surface area contributed by atoms with Crippen molar-refractivity contribution in [3.05, 3.63) is 88.6 Å². The summed E-state index contributed by atoms with van der Waals surface area (Å²) in [5, 5.41) is 2.11. The van der Waals surface area contributed by atoms with Crippen LogP contribution in [0.25, 0.3) is 6.08 Å². The SMILES string of the molecule is O=C(CN1C(=O)S/C(=C/c2ccccc2OCc2ccccc2F)C1=O)Nc1ccc2c(c1)OCCO2. The highest BCUT2D eigenvalue weighted by atomic mass is 32.2. The Kier molecular flexibility index (Phi) is 7.09. The van der Waals surface area contributed by atoms with Gasteiger partial charge >= 0.3 is 0 Å². The van der Waals surface area contributed by atoms with Crippen molar-refractivity contribution in [3.63, 3.8) is 0 Å². The van der Waals surface area contributed by atoms with E-state index in [1.807, 2.05) is 0 Å². The fourth-order valence-electron chi connectivity index (χ4n) is 3.74. The molecule has 2 aliphatic rings. The van der Waals surface area contributed by atoms with E-state index >= 15 is 0 Å². The lowest BCUT2D eigenvalue weighted by atomic mass is 10.1. The largest absolute Gasteiger partial charge is 0.488 e. The standard InChI is InChI=1S/C27H21FN2O6S/c28-20-7-3-1-6-18(20)16-36-21-8-4-2-5-17(21)13-24-26(32)30(27(33)37-24)15-25(31)29-19-9-10-22-23(14-19)35-12-11-34-22/h1-10,13-14H,11-12,15-16H2,(H,29,31)/b24-13+. The van der Waals surface area contributed by atoms with Gasteiger partial charge in [-0.15, -0.1) is 0 Å². The van der Waals surface area contributed by atoms with Crippen LogP contribution in [0, 0.1) is 5.82 Å². The predicted molar refractivity (Wildman–Crippen MR) is 136 cm³/mol. The van der Waals surface area contributed by atoms with Gasteiger partial charge in [0.2, 0.25) is 5.91 Å². The van der Waals surface area contributed by atoms with E-state index in [1.165, 1.54) is 12.1 Å². The van der Waals surface area contributed by atoms with E-state index in [9.17, 15) is 18.8 Å². The van der Waals surface area contributed by atoms with Crippen LogP contribution in [0.3, 0.4) is 0 Å². The van der Waals surface area contributed by atoms with Crippen molar-refractivity contribution in [3.8, 4) is 17.2 Å². The van der Waals surface area contributed by atoms with Crippen molar-refractivity contribution < 1.29 is 33.0 Å². The summed E-state index contributed by atoms with van der Waals surface area (Å²) in [6.45, 7) is 0.416. The maximum absolute atomic E-state index is 13.9. The van der Waals surface area contributed by atoms with Crippen LogP contribution in [0.2, 0.25) is 0 Å². The summed E-state index contributed by atoms with van der Waals surface area (Å²) in [5.41, 5.74) is 1.39. The highest BCUT2D eigenvalue weighted by Gasteiger charge is 2.36. The van der Waals surface area contributed by atoms with Gasteiger partial charge in [-0.1, -0.05) is 36.4 Å². The zero-order valence-corrected chi connectivity index (χ0v) is 20.3. The van der Waals surface area contributed by atoms with Gasteiger partial charge in [-0.3, -0.25) is 19.3 Å². The second-order valence-electron chi connectivity index (χ2n) is 8.09. The quantitative estimate of drug-likeness (QED) is 0.445. The molecule has 2 heterocycles. The summed E-state index contributed by atoms with van der Waals surface area (Å²) < 4.78 is 30.7. The molecule has 8 nitrogen and oxygen atoms in total. The number of thioether (sulfide) groups is 1. The van der Waals surface area contributed by atoms with Gasteiger partial charge in [0.05, 0.1) is 4.91 Å². The maximum Gasteiger partial charge on any atom is 0.294 e. The summed E-state index contributed by atoms with van der Waals surface area (Å²) in [4.78, 5) is 39.1. The van der Waals surface area contributed by atoms with E-state index < -0.39 is 23.6 Å². The fraction of sp³-hybridized carbons (Fsp3) is 0.148. The van der Waals surface area contributed by atoms with Crippen molar-refractivity contribution in [2.45, 2.75) is 6.61 Å². The van der Waals surface area contributed by atoms with E-state index in [0.29, 0.717) is 47.3 Å². The molecule has 1 N–H and O–H groups in total. The molecule has 1 saturated heterocycles. The molecule has 2 aliphatic heterocycles. The van der Waals surface area contributed by atoms with E-state index in [4.69, 9.17) is 14.2 Å². The molecule has 0 unspecified atom stereocenters. The lowest BCUT2D eigenvalue weighted by Crippen LogP contribution is -2.36. The first-order valence-electron chi connectivity index (χ1n) is 11.4. The van der Waals surface area contributed by atoms with Crippen LogP contribution in [0.15, 0.2) is 71.6 Å². The van der Waals surface area contributed by atoms with Gasteiger partial charge < -0.3 is 19.5 Å². The molecule has 0 spiro atoms. The van der Waals surface area contributed by atoms with Crippen LogP contribution in [0.4, 0.5) is 14.9 Å². The van der Waals surface area contributed by atoms with Crippen LogP contribution >= 0.6 is 11.8 Å². The molecule has 37 heavy (non-hydrogen) atoms. The van der Waals surface area contributed by atoms with Gasteiger partial charge in [-0.2, -0.15) is 0 Å². The molecule has 10 heteroatoms. The minimum atomic E-state index is -0.587. The van der Waals surface area contributed by atoms with Crippen molar-refractivity contribution in [1.29, 1.82) is 0 Å². The Morgan fingerprint density at radius 1 is 1.03 bits per heavy atom. The number of amides is 3. The van der Waals surface area contributed by atoms with Crippen LogP contribution in [0.5, 0.6) is 17.2 Å². The number of hydrogen-bond donors (Lipinski definition) is 1. The molecule has 0 bridgehead atoms. The van der Waals surface area contributed by atoms with Gasteiger partial charge in [0.15, 0.2) is 11.5 Å². The molecule has 3 aromatic rings. The second kappa shape index (κ2) is 10.8. The molecule has 5 rings (SSSR count). The molecular formula is C27H21FN2O6S. The minimum absolute atomic E-state index is 0.000958. The summed E-state index contributed by atoms with van der Waals surface area (Å²) in [6, 6.07) is 18.2. The van der Waals surface area contributed by atoms with E-state index in [0.717, 1.165) is 16.7 Å². The lowest BCUT2D eigenvalue weighted by Gasteiger charge is -2.19. The van der Waals surface area contributed by atoms with Gasteiger partial charge in [0, 0.05) is 22.9 Å². The summed E-state index contributed by atoms with van der Waals surface area (Å²) in [7, 11) is 0. The Labute approximate surface area is 216 Å². The summed E-state index contributed by atoms with van der Waals surface area (Å²) in [6.07, 6.45) is 1.53. The molecule has 0 aromatic heterocycles. The first-order chi connectivity index (χ1) is 18.0. The average molecular weight is 521 g/mol. The molecule has 0 radical (unpaired) electrons. The Morgan fingerprint density at radius 3 is 2.62 bits per heavy atom. The van der Waals surface area contributed by atoms with Gasteiger partial charge in [0.25, 0.3) is 11.1 Å². The van der Waals surface area contributed by atoms with Crippen LogP contribution in [0.1, 0.15) is 11.1 Å². The topological polar surface area (TPSA) is 94.2 Å². The Bertz CT molecular complexity index is 1410. The second-order valence-corrected chi connectivity index (χ2v) is 9.09. The van der Waals surface area contributed by atoms with E-state index in [1.54, 1.807) is 60.7 Å². The smallest absolute Gasteiger partial charge is 0.294 e. The normalized spacial score (nSPS) is 15.7. The average Bonchev–Trinajstić information content (AvgIpc) is 3.16. The summed E-state index contributed by atoms with van der Waals surface area (Å²) >= 11 is 0.736. The highest BCUT2D eigenvalue weighted by Crippen LogP contribution is 2.35. The number of benzene rings is 3. The first kappa shape index (κ1) is 24.4. The maximum atomic E-state index is 13.9. The third-order valence-corrected chi connectivity index (χ3v) is 6.46. The molecule has 188 valence electrons. The van der Waals surface area contributed by atoms with Gasteiger partial charge in [-0.25, -0.2) is 4.39 Å². The zero-order valence-electron chi connectivity index (χ0n) is 19.4.